The number of nitrogens with one attached hydrogen (secondary N) is 1. The van der Waals surface area contributed by atoms with E-state index in [0.717, 1.165) is 12.1 Å². The van der Waals surface area contributed by atoms with Gasteiger partial charge in [0.2, 0.25) is 0 Å². The molecule has 0 aliphatic carbocycles. The number of ether oxygens (including phenoxy) is 2. The zero-order valence-corrected chi connectivity index (χ0v) is 13.3. The summed E-state index contributed by atoms with van der Waals surface area (Å²) in [5, 5.41) is 6.91. The number of anilines is 1. The lowest BCUT2D eigenvalue weighted by Gasteiger charge is -2.42. The Bertz CT molecular complexity index is 551. The Labute approximate surface area is 129 Å². The van der Waals surface area contributed by atoms with Crippen LogP contribution < -0.4 is 5.32 Å². The molecule has 2 atom stereocenters. The van der Waals surface area contributed by atoms with Crippen LogP contribution in [0.1, 0.15) is 31.7 Å². The second-order valence-electron chi connectivity index (χ2n) is 6.14. The first-order valence-electron chi connectivity index (χ1n) is 7.79. The smallest absolute Gasteiger partial charge is 0.322 e. The van der Waals surface area contributed by atoms with Crippen molar-refractivity contribution in [2.75, 3.05) is 31.6 Å². The van der Waals surface area contributed by atoms with Crippen molar-refractivity contribution >= 4 is 11.7 Å². The molecule has 0 radical (unpaired) electrons. The number of rotatable bonds is 2. The average Bonchev–Trinajstić information content (AvgIpc) is 3.06. The Kier molecular flexibility index (Phi) is 4.10. The number of hydrogen-bond acceptors (Lipinski definition) is 5. The summed E-state index contributed by atoms with van der Waals surface area (Å²) in [6.45, 7) is 8.13. The summed E-state index contributed by atoms with van der Waals surface area (Å²) < 4.78 is 16.7. The van der Waals surface area contributed by atoms with Crippen LogP contribution in [0.4, 0.5) is 10.5 Å². The Morgan fingerprint density at radius 2 is 2.36 bits per heavy atom. The number of morpholine rings is 1. The molecule has 2 amide bonds. The third kappa shape index (κ3) is 2.83. The summed E-state index contributed by atoms with van der Waals surface area (Å²) in [5.41, 5.74) is 1.10. The molecule has 3 heterocycles. The average molecular weight is 309 g/mol. The highest BCUT2D eigenvalue weighted by atomic mass is 16.6. The number of aryl methyl sites for hydroxylation is 2. The first-order chi connectivity index (χ1) is 10.5. The van der Waals surface area contributed by atoms with Gasteiger partial charge in [0.1, 0.15) is 17.0 Å². The summed E-state index contributed by atoms with van der Waals surface area (Å²) in [7, 11) is 0. The fourth-order valence-electron chi connectivity index (χ4n) is 3.19. The molecule has 22 heavy (non-hydrogen) atoms. The van der Waals surface area contributed by atoms with Crippen LogP contribution in [-0.2, 0) is 15.9 Å². The number of aromatic nitrogens is 1. The summed E-state index contributed by atoms with van der Waals surface area (Å²) in [6.07, 6.45) is 1.54. The number of urea groups is 1. The Hall–Kier alpha value is -1.60. The molecule has 1 spiro atoms. The summed E-state index contributed by atoms with van der Waals surface area (Å²) in [6, 6.07) is -0.137. The predicted molar refractivity (Wildman–Crippen MR) is 79.9 cm³/mol. The Balaban J connectivity index is 1.72. The van der Waals surface area contributed by atoms with Crippen molar-refractivity contribution in [1.82, 2.24) is 10.1 Å². The first kappa shape index (κ1) is 15.3. The van der Waals surface area contributed by atoms with Gasteiger partial charge in [-0.3, -0.25) is 0 Å². The number of carbonyl (C=O) groups is 1. The van der Waals surface area contributed by atoms with Gasteiger partial charge >= 0.3 is 6.03 Å². The molecule has 2 saturated heterocycles. The highest BCUT2D eigenvalue weighted by molar-refractivity contribution is 5.90. The molecule has 1 N–H and O–H groups in total. The Morgan fingerprint density at radius 3 is 3.05 bits per heavy atom. The van der Waals surface area contributed by atoms with Gasteiger partial charge in [-0.25, -0.2) is 4.79 Å². The van der Waals surface area contributed by atoms with E-state index in [1.807, 2.05) is 13.8 Å². The van der Waals surface area contributed by atoms with Gasteiger partial charge in [0.25, 0.3) is 0 Å². The minimum atomic E-state index is -0.355. The molecule has 0 aromatic carbocycles. The lowest BCUT2D eigenvalue weighted by atomic mass is 9.99. The van der Waals surface area contributed by atoms with Gasteiger partial charge in [0, 0.05) is 19.6 Å². The molecular formula is C15H23N3O4. The third-order valence-electron chi connectivity index (χ3n) is 4.26. The van der Waals surface area contributed by atoms with E-state index in [1.165, 1.54) is 0 Å². The number of hydrogen-bond donors (Lipinski definition) is 1. The van der Waals surface area contributed by atoms with Gasteiger partial charge in [-0.15, -0.1) is 0 Å². The van der Waals surface area contributed by atoms with E-state index >= 15 is 0 Å². The fraction of sp³-hybridized carbons (Fsp3) is 0.733. The van der Waals surface area contributed by atoms with Crippen molar-refractivity contribution in [2.45, 2.75) is 45.3 Å². The van der Waals surface area contributed by atoms with Gasteiger partial charge < -0.3 is 24.2 Å². The monoisotopic (exact) mass is 309 g/mol. The van der Waals surface area contributed by atoms with E-state index in [0.29, 0.717) is 44.2 Å². The van der Waals surface area contributed by atoms with Crippen LogP contribution in [-0.4, -0.2) is 54.1 Å². The van der Waals surface area contributed by atoms with Crippen LogP contribution in [0.3, 0.4) is 0 Å². The maximum Gasteiger partial charge on any atom is 0.322 e. The van der Waals surface area contributed by atoms with Gasteiger partial charge in [0.15, 0.2) is 5.76 Å². The van der Waals surface area contributed by atoms with Crippen molar-refractivity contribution in [3.8, 4) is 0 Å². The Morgan fingerprint density at radius 1 is 1.55 bits per heavy atom. The van der Waals surface area contributed by atoms with Crippen molar-refractivity contribution < 1.29 is 18.8 Å². The molecule has 2 fully saturated rings. The molecule has 3 rings (SSSR count). The van der Waals surface area contributed by atoms with Gasteiger partial charge in [0.05, 0.1) is 19.3 Å². The van der Waals surface area contributed by atoms with E-state index in [-0.39, 0.29) is 17.7 Å². The highest BCUT2D eigenvalue weighted by Gasteiger charge is 2.44. The largest absolute Gasteiger partial charge is 0.378 e. The van der Waals surface area contributed by atoms with E-state index in [4.69, 9.17) is 14.0 Å². The second-order valence-corrected chi connectivity index (χ2v) is 6.14. The van der Waals surface area contributed by atoms with Crippen LogP contribution >= 0.6 is 0 Å². The summed E-state index contributed by atoms with van der Waals surface area (Å²) in [4.78, 5) is 14.4. The molecule has 0 unspecified atom stereocenters. The number of amides is 2. The predicted octanol–water partition coefficient (Wildman–Crippen LogP) is 1.96. The zero-order valence-electron chi connectivity index (χ0n) is 13.3. The van der Waals surface area contributed by atoms with Crippen LogP contribution in [0.25, 0.3) is 0 Å². The third-order valence-corrected chi connectivity index (χ3v) is 4.26. The minimum absolute atomic E-state index is 0.00424. The lowest BCUT2D eigenvalue weighted by Crippen LogP contribution is -2.57. The van der Waals surface area contributed by atoms with Crippen molar-refractivity contribution in [3.05, 3.63) is 11.5 Å². The van der Waals surface area contributed by atoms with Crippen molar-refractivity contribution in [1.29, 1.82) is 0 Å². The summed E-state index contributed by atoms with van der Waals surface area (Å²) >= 11 is 0. The topological polar surface area (TPSA) is 76.8 Å². The molecule has 7 heteroatoms. The van der Waals surface area contributed by atoms with Gasteiger partial charge in [-0.05, 0) is 20.3 Å². The number of carbonyl (C=O) groups excluding carboxylic acids is 1. The SMILES string of the molecule is CCc1noc(C)c1NC(=O)N1C[C@H](C)O[C@]2(CCOC2)C1. The van der Waals surface area contributed by atoms with Gasteiger partial charge in [-0.2, -0.15) is 0 Å². The zero-order chi connectivity index (χ0) is 15.7. The first-order valence-corrected chi connectivity index (χ1v) is 7.79. The normalized spacial score (nSPS) is 28.3. The van der Waals surface area contributed by atoms with Crippen molar-refractivity contribution in [3.63, 3.8) is 0 Å². The molecular weight excluding hydrogens is 286 g/mol. The maximum absolute atomic E-state index is 12.6. The standard InChI is InChI=1S/C15H23N3O4/c1-4-12-13(11(3)22-17-12)16-14(19)18-7-10(2)21-15(8-18)5-6-20-9-15/h10H,4-9H2,1-3H3,(H,16,19)/t10-,15+/m0/s1. The molecule has 1 aromatic rings. The van der Waals surface area contributed by atoms with E-state index < -0.39 is 0 Å². The fourth-order valence-corrected chi connectivity index (χ4v) is 3.19. The van der Waals surface area contributed by atoms with Crippen LogP contribution in [0.15, 0.2) is 4.52 Å². The number of nitrogens with zero attached hydrogens (tertiary/aromatic N) is 2. The van der Waals surface area contributed by atoms with Crippen LogP contribution in [0.5, 0.6) is 0 Å². The quantitative estimate of drug-likeness (QED) is 0.903. The maximum atomic E-state index is 12.6. The summed E-state index contributed by atoms with van der Waals surface area (Å²) in [5.74, 6) is 0.630. The van der Waals surface area contributed by atoms with Crippen LogP contribution in [0.2, 0.25) is 0 Å². The molecule has 2 aliphatic rings. The molecule has 122 valence electrons. The van der Waals surface area contributed by atoms with Gasteiger partial charge in [-0.1, -0.05) is 12.1 Å². The second kappa shape index (κ2) is 5.89. The minimum Gasteiger partial charge on any atom is -0.378 e. The molecule has 0 bridgehead atoms. The molecule has 2 aliphatic heterocycles. The highest BCUT2D eigenvalue weighted by Crippen LogP contribution is 2.30. The molecule has 7 nitrogen and oxygen atoms in total. The molecule has 1 aromatic heterocycles. The van der Waals surface area contributed by atoms with E-state index in [9.17, 15) is 4.79 Å². The van der Waals surface area contributed by atoms with E-state index in [1.54, 1.807) is 11.8 Å². The molecule has 0 saturated carbocycles. The lowest BCUT2D eigenvalue weighted by molar-refractivity contribution is -0.136. The van der Waals surface area contributed by atoms with Crippen molar-refractivity contribution in [2.24, 2.45) is 0 Å². The van der Waals surface area contributed by atoms with E-state index in [2.05, 4.69) is 10.5 Å². The van der Waals surface area contributed by atoms with Crippen LogP contribution in [0, 0.1) is 6.92 Å².